The van der Waals surface area contributed by atoms with Crippen LogP contribution in [0.3, 0.4) is 0 Å². The van der Waals surface area contributed by atoms with E-state index in [-0.39, 0.29) is 24.0 Å². The standard InChI is InChI=1S/C13H16FNO3/c1-17-13-3-2-9(6-10(13)14)7-12(16)11-8-18-5-4-15-11/h2-3,6,11,15H,4-5,7-8H2,1H3. The van der Waals surface area contributed by atoms with Crippen molar-refractivity contribution in [1.82, 2.24) is 5.32 Å². The van der Waals surface area contributed by atoms with Crippen molar-refractivity contribution >= 4 is 5.78 Å². The fourth-order valence-electron chi connectivity index (χ4n) is 1.92. The Morgan fingerprint density at radius 1 is 1.61 bits per heavy atom. The molecule has 0 spiro atoms. The number of hydrogen-bond donors (Lipinski definition) is 1. The average Bonchev–Trinajstić information content (AvgIpc) is 2.40. The molecule has 0 bridgehead atoms. The van der Waals surface area contributed by atoms with Crippen LogP contribution in [0, 0.1) is 5.82 Å². The minimum absolute atomic E-state index is 0.0132. The molecule has 1 saturated heterocycles. The fraction of sp³-hybridized carbons (Fsp3) is 0.462. The number of benzene rings is 1. The molecular weight excluding hydrogens is 237 g/mol. The molecule has 0 aromatic heterocycles. The van der Waals surface area contributed by atoms with Gasteiger partial charge in [0.25, 0.3) is 0 Å². The highest BCUT2D eigenvalue weighted by atomic mass is 19.1. The number of methoxy groups -OCH3 is 1. The van der Waals surface area contributed by atoms with Crippen molar-refractivity contribution in [1.29, 1.82) is 0 Å². The van der Waals surface area contributed by atoms with Gasteiger partial charge in [-0.25, -0.2) is 4.39 Å². The Kier molecular flexibility index (Phi) is 4.28. The van der Waals surface area contributed by atoms with E-state index in [1.807, 2.05) is 0 Å². The predicted molar refractivity (Wildman–Crippen MR) is 64.3 cm³/mol. The van der Waals surface area contributed by atoms with Crippen LogP contribution in [0.1, 0.15) is 5.56 Å². The van der Waals surface area contributed by atoms with E-state index in [1.54, 1.807) is 6.07 Å². The molecule has 2 rings (SSSR count). The molecule has 1 N–H and O–H groups in total. The lowest BCUT2D eigenvalue weighted by Crippen LogP contribution is -2.47. The Bertz CT molecular complexity index is 430. The molecule has 1 heterocycles. The maximum absolute atomic E-state index is 13.5. The largest absolute Gasteiger partial charge is 0.494 e. The third-order valence-electron chi connectivity index (χ3n) is 2.90. The molecule has 1 aromatic carbocycles. The van der Waals surface area contributed by atoms with E-state index >= 15 is 0 Å². The van der Waals surface area contributed by atoms with Gasteiger partial charge in [-0.15, -0.1) is 0 Å². The molecular formula is C13H16FNO3. The Balaban J connectivity index is 2.00. The minimum atomic E-state index is -0.448. The summed E-state index contributed by atoms with van der Waals surface area (Å²) >= 11 is 0. The van der Waals surface area contributed by atoms with Crippen molar-refractivity contribution in [3.05, 3.63) is 29.6 Å². The topological polar surface area (TPSA) is 47.6 Å². The molecule has 1 unspecified atom stereocenters. The van der Waals surface area contributed by atoms with Crippen LogP contribution < -0.4 is 10.1 Å². The second-order valence-electron chi connectivity index (χ2n) is 4.19. The first-order valence-electron chi connectivity index (χ1n) is 5.87. The van der Waals surface area contributed by atoms with Gasteiger partial charge in [0.1, 0.15) is 0 Å². The van der Waals surface area contributed by atoms with Crippen LogP contribution in [-0.2, 0) is 16.0 Å². The van der Waals surface area contributed by atoms with E-state index in [1.165, 1.54) is 19.2 Å². The summed E-state index contributed by atoms with van der Waals surface area (Å²) in [5.74, 6) is -0.250. The van der Waals surface area contributed by atoms with E-state index in [4.69, 9.17) is 9.47 Å². The van der Waals surface area contributed by atoms with Crippen LogP contribution >= 0.6 is 0 Å². The molecule has 18 heavy (non-hydrogen) atoms. The summed E-state index contributed by atoms with van der Waals surface area (Å²) in [6.07, 6.45) is 0.196. The van der Waals surface area contributed by atoms with Gasteiger partial charge in [0, 0.05) is 13.0 Å². The Morgan fingerprint density at radius 2 is 2.44 bits per heavy atom. The molecule has 1 atom stereocenters. The lowest BCUT2D eigenvalue weighted by atomic mass is 10.0. The SMILES string of the molecule is COc1ccc(CC(=O)C2COCCN2)cc1F. The fourth-order valence-corrected chi connectivity index (χ4v) is 1.92. The number of morpholine rings is 1. The summed E-state index contributed by atoms with van der Waals surface area (Å²) in [5, 5.41) is 3.08. The molecule has 0 amide bonds. The molecule has 0 aliphatic carbocycles. The van der Waals surface area contributed by atoms with Crippen LogP contribution in [0.2, 0.25) is 0 Å². The third-order valence-corrected chi connectivity index (χ3v) is 2.90. The number of rotatable bonds is 4. The molecule has 1 aliphatic heterocycles. The van der Waals surface area contributed by atoms with Crippen LogP contribution in [0.4, 0.5) is 4.39 Å². The van der Waals surface area contributed by atoms with Gasteiger partial charge in [0.15, 0.2) is 17.3 Å². The van der Waals surface area contributed by atoms with Gasteiger partial charge < -0.3 is 14.8 Å². The van der Waals surface area contributed by atoms with Gasteiger partial charge in [0.05, 0.1) is 26.4 Å². The quantitative estimate of drug-likeness (QED) is 0.867. The summed E-state index contributed by atoms with van der Waals surface area (Å²) in [4.78, 5) is 11.9. The highest BCUT2D eigenvalue weighted by molar-refractivity contribution is 5.86. The zero-order chi connectivity index (χ0) is 13.0. The summed E-state index contributed by atoms with van der Waals surface area (Å²) in [7, 11) is 1.41. The van der Waals surface area contributed by atoms with E-state index in [2.05, 4.69) is 5.32 Å². The zero-order valence-electron chi connectivity index (χ0n) is 10.2. The average molecular weight is 253 g/mol. The Morgan fingerprint density at radius 3 is 3.06 bits per heavy atom. The summed E-state index contributed by atoms with van der Waals surface area (Å²) in [6.45, 7) is 1.69. The van der Waals surface area contributed by atoms with Crippen molar-refractivity contribution < 1.29 is 18.7 Å². The van der Waals surface area contributed by atoms with Crippen LogP contribution in [-0.4, -0.2) is 38.7 Å². The first-order chi connectivity index (χ1) is 8.70. The highest BCUT2D eigenvalue weighted by Gasteiger charge is 2.21. The lowest BCUT2D eigenvalue weighted by molar-refractivity contribution is -0.123. The van der Waals surface area contributed by atoms with E-state index < -0.39 is 5.82 Å². The van der Waals surface area contributed by atoms with Gasteiger partial charge in [-0.1, -0.05) is 6.07 Å². The number of ketones is 1. The van der Waals surface area contributed by atoms with E-state index in [0.29, 0.717) is 25.3 Å². The predicted octanol–water partition coefficient (Wildman–Crippen LogP) is 0.934. The van der Waals surface area contributed by atoms with Crippen LogP contribution in [0.15, 0.2) is 18.2 Å². The van der Waals surface area contributed by atoms with Gasteiger partial charge in [0.2, 0.25) is 0 Å². The van der Waals surface area contributed by atoms with Crippen molar-refractivity contribution in [2.45, 2.75) is 12.5 Å². The zero-order valence-corrected chi connectivity index (χ0v) is 10.2. The van der Waals surface area contributed by atoms with Crippen LogP contribution in [0.5, 0.6) is 5.75 Å². The van der Waals surface area contributed by atoms with Gasteiger partial charge in [-0.2, -0.15) is 0 Å². The lowest BCUT2D eigenvalue weighted by Gasteiger charge is -2.22. The van der Waals surface area contributed by atoms with Crippen molar-refractivity contribution in [3.8, 4) is 5.75 Å². The molecule has 4 nitrogen and oxygen atoms in total. The molecule has 1 aromatic rings. The van der Waals surface area contributed by atoms with Crippen LogP contribution in [0.25, 0.3) is 0 Å². The normalized spacial score (nSPS) is 19.6. The highest BCUT2D eigenvalue weighted by Crippen LogP contribution is 2.18. The monoisotopic (exact) mass is 253 g/mol. The van der Waals surface area contributed by atoms with Crippen molar-refractivity contribution in [3.63, 3.8) is 0 Å². The number of hydrogen-bond acceptors (Lipinski definition) is 4. The Labute approximate surface area is 105 Å². The molecule has 0 radical (unpaired) electrons. The summed E-state index contributed by atoms with van der Waals surface area (Å²) in [6, 6.07) is 4.27. The van der Waals surface area contributed by atoms with E-state index in [0.717, 1.165) is 0 Å². The number of carbonyl (C=O) groups excluding carboxylic acids is 1. The third kappa shape index (κ3) is 3.05. The minimum Gasteiger partial charge on any atom is -0.494 e. The molecule has 5 heteroatoms. The first kappa shape index (κ1) is 13.0. The van der Waals surface area contributed by atoms with Gasteiger partial charge >= 0.3 is 0 Å². The molecule has 0 saturated carbocycles. The van der Waals surface area contributed by atoms with Crippen molar-refractivity contribution in [2.24, 2.45) is 0 Å². The molecule has 1 aliphatic rings. The smallest absolute Gasteiger partial charge is 0.165 e. The van der Waals surface area contributed by atoms with E-state index in [9.17, 15) is 9.18 Å². The number of halogens is 1. The second kappa shape index (κ2) is 5.93. The summed E-state index contributed by atoms with van der Waals surface area (Å²) in [5.41, 5.74) is 0.644. The van der Waals surface area contributed by atoms with Crippen molar-refractivity contribution in [2.75, 3.05) is 26.9 Å². The number of ether oxygens (including phenoxy) is 2. The number of carbonyl (C=O) groups is 1. The maximum Gasteiger partial charge on any atom is 0.165 e. The molecule has 98 valence electrons. The Hall–Kier alpha value is -1.46. The summed E-state index contributed by atoms with van der Waals surface area (Å²) < 4.78 is 23.5. The second-order valence-corrected chi connectivity index (χ2v) is 4.19. The maximum atomic E-state index is 13.5. The molecule has 1 fully saturated rings. The van der Waals surface area contributed by atoms with Gasteiger partial charge in [-0.05, 0) is 17.7 Å². The van der Waals surface area contributed by atoms with Gasteiger partial charge in [-0.3, -0.25) is 4.79 Å². The number of Topliss-reactive ketones (excluding diaryl/α,β-unsaturated/α-hetero) is 1. The number of nitrogens with one attached hydrogen (secondary N) is 1. The first-order valence-corrected chi connectivity index (χ1v) is 5.87.